The largest absolute Gasteiger partial charge is 0.481 e. The fraction of sp³-hybridized carbons (Fsp3) is 0.364. The van der Waals surface area contributed by atoms with Gasteiger partial charge in [0.2, 0.25) is 0 Å². The molecule has 0 heterocycles. The molecule has 1 unspecified atom stereocenters. The summed E-state index contributed by atoms with van der Waals surface area (Å²) in [7, 11) is 0. The van der Waals surface area contributed by atoms with E-state index in [1.165, 1.54) is 12.1 Å². The summed E-state index contributed by atoms with van der Waals surface area (Å²) in [5, 5.41) is 8.88. The Hall–Kier alpha value is -1.45. The Labute approximate surface area is 86.5 Å². The van der Waals surface area contributed by atoms with E-state index in [4.69, 9.17) is 5.11 Å². The monoisotopic (exact) mass is 214 g/mol. The van der Waals surface area contributed by atoms with Gasteiger partial charge in [-0.15, -0.1) is 0 Å². The minimum atomic E-state index is -1.12. The van der Waals surface area contributed by atoms with Gasteiger partial charge in [-0.1, -0.05) is 25.5 Å². The summed E-state index contributed by atoms with van der Waals surface area (Å²) in [6.07, 6.45) is 0.905. The molecule has 0 aliphatic rings. The molecule has 0 aliphatic heterocycles. The molecular weight excluding hydrogens is 202 g/mol. The van der Waals surface area contributed by atoms with E-state index in [1.54, 1.807) is 6.92 Å². The number of halogens is 2. The van der Waals surface area contributed by atoms with E-state index in [0.29, 0.717) is 12.8 Å². The lowest BCUT2D eigenvalue weighted by molar-refractivity contribution is -0.139. The molecule has 82 valence electrons. The first-order valence-corrected chi connectivity index (χ1v) is 4.74. The third kappa shape index (κ3) is 2.52. The first-order valence-electron chi connectivity index (χ1n) is 4.74. The molecule has 4 heteroatoms. The summed E-state index contributed by atoms with van der Waals surface area (Å²) < 4.78 is 26.2. The standard InChI is InChI=1S/C11H12F2O2/c1-2-4-8(11(14)15)7-5-3-6-9(12)10(7)13/h3,5-6,8H,2,4H2,1H3,(H,14,15). The van der Waals surface area contributed by atoms with Crippen molar-refractivity contribution in [1.82, 2.24) is 0 Å². The summed E-state index contributed by atoms with van der Waals surface area (Å²) >= 11 is 0. The zero-order chi connectivity index (χ0) is 11.4. The van der Waals surface area contributed by atoms with Crippen LogP contribution in [0.4, 0.5) is 8.78 Å². The van der Waals surface area contributed by atoms with Crippen LogP contribution in [0.15, 0.2) is 18.2 Å². The first kappa shape index (κ1) is 11.6. The molecule has 1 aromatic carbocycles. The lowest BCUT2D eigenvalue weighted by Crippen LogP contribution is -2.13. The fourth-order valence-electron chi connectivity index (χ4n) is 1.49. The molecule has 0 saturated heterocycles. The van der Waals surface area contributed by atoms with E-state index in [2.05, 4.69) is 0 Å². The highest BCUT2D eigenvalue weighted by Gasteiger charge is 2.23. The highest BCUT2D eigenvalue weighted by molar-refractivity contribution is 5.76. The number of benzene rings is 1. The van der Waals surface area contributed by atoms with Crippen LogP contribution in [0, 0.1) is 11.6 Å². The van der Waals surface area contributed by atoms with Crippen LogP contribution in [0.5, 0.6) is 0 Å². The Balaban J connectivity index is 3.11. The average Bonchev–Trinajstić information content (AvgIpc) is 2.19. The third-order valence-electron chi connectivity index (χ3n) is 2.23. The molecular formula is C11H12F2O2. The second kappa shape index (κ2) is 4.87. The lowest BCUT2D eigenvalue weighted by Gasteiger charge is -2.12. The second-order valence-electron chi connectivity index (χ2n) is 3.32. The number of carbonyl (C=O) groups is 1. The van der Waals surface area contributed by atoms with Gasteiger partial charge in [-0.25, -0.2) is 8.78 Å². The van der Waals surface area contributed by atoms with Crippen LogP contribution in [0.1, 0.15) is 31.2 Å². The molecule has 0 spiro atoms. The molecule has 0 saturated carbocycles. The Morgan fingerprint density at radius 1 is 1.47 bits per heavy atom. The van der Waals surface area contributed by atoms with Gasteiger partial charge in [0.1, 0.15) is 0 Å². The van der Waals surface area contributed by atoms with Gasteiger partial charge in [0.05, 0.1) is 5.92 Å². The van der Waals surface area contributed by atoms with Crippen LogP contribution in [0.3, 0.4) is 0 Å². The predicted molar refractivity (Wildman–Crippen MR) is 51.6 cm³/mol. The summed E-state index contributed by atoms with van der Waals surface area (Å²) in [5.41, 5.74) is -0.0793. The smallest absolute Gasteiger partial charge is 0.311 e. The van der Waals surface area contributed by atoms with E-state index in [0.717, 1.165) is 6.07 Å². The highest BCUT2D eigenvalue weighted by Crippen LogP contribution is 2.25. The quantitative estimate of drug-likeness (QED) is 0.836. The number of aliphatic carboxylic acids is 1. The Morgan fingerprint density at radius 2 is 2.13 bits per heavy atom. The predicted octanol–water partition coefficient (Wildman–Crippen LogP) is 2.93. The van der Waals surface area contributed by atoms with Crippen molar-refractivity contribution in [2.24, 2.45) is 0 Å². The minimum absolute atomic E-state index is 0.0793. The fourth-order valence-corrected chi connectivity index (χ4v) is 1.49. The van der Waals surface area contributed by atoms with Crippen LogP contribution >= 0.6 is 0 Å². The van der Waals surface area contributed by atoms with Crippen LogP contribution < -0.4 is 0 Å². The van der Waals surface area contributed by atoms with Gasteiger partial charge in [-0.3, -0.25) is 4.79 Å². The van der Waals surface area contributed by atoms with E-state index in [1.807, 2.05) is 0 Å². The van der Waals surface area contributed by atoms with Crippen LogP contribution in [0.2, 0.25) is 0 Å². The third-order valence-corrected chi connectivity index (χ3v) is 2.23. The molecule has 1 atom stereocenters. The number of rotatable bonds is 4. The van der Waals surface area contributed by atoms with Gasteiger partial charge in [0.25, 0.3) is 0 Å². The molecule has 0 aromatic heterocycles. The molecule has 1 rings (SSSR count). The second-order valence-corrected chi connectivity index (χ2v) is 3.32. The summed E-state index contributed by atoms with van der Waals surface area (Å²) in [6, 6.07) is 3.61. The van der Waals surface area contributed by atoms with E-state index in [-0.39, 0.29) is 5.56 Å². The molecule has 0 fully saturated rings. The summed E-state index contributed by atoms with van der Waals surface area (Å²) in [6.45, 7) is 1.80. The Kier molecular flexibility index (Phi) is 3.77. The van der Waals surface area contributed by atoms with Gasteiger partial charge >= 0.3 is 5.97 Å². The van der Waals surface area contributed by atoms with E-state index >= 15 is 0 Å². The van der Waals surface area contributed by atoms with E-state index < -0.39 is 23.5 Å². The molecule has 15 heavy (non-hydrogen) atoms. The first-order chi connectivity index (χ1) is 7.07. The van der Waals surface area contributed by atoms with Crippen molar-refractivity contribution < 1.29 is 18.7 Å². The zero-order valence-electron chi connectivity index (χ0n) is 8.34. The summed E-state index contributed by atoms with van der Waals surface area (Å²) in [4.78, 5) is 10.9. The number of carboxylic acid groups (broad SMARTS) is 1. The lowest BCUT2D eigenvalue weighted by atomic mass is 9.94. The van der Waals surface area contributed by atoms with Crippen molar-refractivity contribution >= 4 is 5.97 Å². The van der Waals surface area contributed by atoms with Gasteiger partial charge in [0, 0.05) is 5.56 Å². The Morgan fingerprint density at radius 3 is 2.67 bits per heavy atom. The Bertz CT molecular complexity index is 364. The van der Waals surface area contributed by atoms with Crippen molar-refractivity contribution in [2.75, 3.05) is 0 Å². The van der Waals surface area contributed by atoms with Crippen molar-refractivity contribution in [2.45, 2.75) is 25.7 Å². The van der Waals surface area contributed by atoms with Gasteiger partial charge in [0.15, 0.2) is 11.6 Å². The maximum absolute atomic E-state index is 13.3. The van der Waals surface area contributed by atoms with Gasteiger partial charge in [-0.05, 0) is 12.5 Å². The number of carboxylic acids is 1. The van der Waals surface area contributed by atoms with Crippen molar-refractivity contribution in [3.05, 3.63) is 35.4 Å². The molecule has 1 aromatic rings. The maximum atomic E-state index is 13.3. The molecule has 0 bridgehead atoms. The van der Waals surface area contributed by atoms with Gasteiger partial charge < -0.3 is 5.11 Å². The van der Waals surface area contributed by atoms with E-state index in [9.17, 15) is 13.6 Å². The minimum Gasteiger partial charge on any atom is -0.481 e. The van der Waals surface area contributed by atoms with Crippen LogP contribution in [-0.4, -0.2) is 11.1 Å². The SMILES string of the molecule is CCCC(C(=O)O)c1cccc(F)c1F. The van der Waals surface area contributed by atoms with Crippen molar-refractivity contribution in [3.8, 4) is 0 Å². The topological polar surface area (TPSA) is 37.3 Å². The van der Waals surface area contributed by atoms with Gasteiger partial charge in [-0.2, -0.15) is 0 Å². The molecule has 0 radical (unpaired) electrons. The van der Waals surface area contributed by atoms with Crippen LogP contribution in [0.25, 0.3) is 0 Å². The maximum Gasteiger partial charge on any atom is 0.311 e. The molecule has 2 nitrogen and oxygen atoms in total. The zero-order valence-corrected chi connectivity index (χ0v) is 8.34. The average molecular weight is 214 g/mol. The normalized spacial score (nSPS) is 12.5. The number of hydrogen-bond acceptors (Lipinski definition) is 1. The summed E-state index contributed by atoms with van der Waals surface area (Å²) in [5.74, 6) is -4.15. The highest BCUT2D eigenvalue weighted by atomic mass is 19.2. The molecule has 0 amide bonds. The van der Waals surface area contributed by atoms with Crippen LogP contribution in [-0.2, 0) is 4.79 Å². The number of hydrogen-bond donors (Lipinski definition) is 1. The molecule has 1 N–H and O–H groups in total. The molecule has 0 aliphatic carbocycles. The van der Waals surface area contributed by atoms with Crippen molar-refractivity contribution in [1.29, 1.82) is 0 Å². The van der Waals surface area contributed by atoms with Crippen molar-refractivity contribution in [3.63, 3.8) is 0 Å².